The van der Waals surface area contributed by atoms with Crippen LogP contribution in [-0.2, 0) is 10.8 Å². The van der Waals surface area contributed by atoms with Gasteiger partial charge in [-0.15, -0.1) is 0 Å². The van der Waals surface area contributed by atoms with E-state index in [4.69, 9.17) is 9.72 Å². The van der Waals surface area contributed by atoms with Crippen molar-refractivity contribution in [2.75, 3.05) is 22.2 Å². The lowest BCUT2D eigenvalue weighted by molar-refractivity contribution is 0.483. The van der Waals surface area contributed by atoms with Crippen LogP contribution in [-0.4, -0.2) is 12.0 Å². The van der Waals surface area contributed by atoms with Crippen molar-refractivity contribution in [1.29, 1.82) is 0 Å². The summed E-state index contributed by atoms with van der Waals surface area (Å²) in [6.45, 7) is 17.8. The van der Waals surface area contributed by atoms with Gasteiger partial charge >= 0.3 is 0 Å². The van der Waals surface area contributed by atoms with Crippen LogP contribution in [0.5, 0.6) is 11.5 Å². The molecule has 8 rings (SSSR count). The summed E-state index contributed by atoms with van der Waals surface area (Å²) in [5, 5.41) is 3.76. The Kier molecular flexibility index (Phi) is 12.0. The van der Waals surface area contributed by atoms with Crippen LogP contribution in [0.1, 0.15) is 63.8 Å². The monoisotopic (exact) mass is 826 g/mol. The van der Waals surface area contributed by atoms with E-state index in [9.17, 15) is 0 Å². The first-order valence-electron chi connectivity index (χ1n) is 21.8. The molecule has 7 aromatic carbocycles. The second-order valence-corrected chi connectivity index (χ2v) is 18.4. The van der Waals surface area contributed by atoms with Gasteiger partial charge in [-0.25, -0.2) is 4.98 Å². The summed E-state index contributed by atoms with van der Waals surface area (Å²) < 4.78 is 6.69. The van der Waals surface area contributed by atoms with Gasteiger partial charge in [-0.05, 0) is 107 Å². The van der Waals surface area contributed by atoms with Crippen molar-refractivity contribution < 1.29 is 4.74 Å². The zero-order valence-corrected chi connectivity index (χ0v) is 38.1. The Bertz CT molecular complexity index is 2850. The summed E-state index contributed by atoms with van der Waals surface area (Å²) in [5.74, 6) is 2.33. The highest BCUT2D eigenvalue weighted by Crippen LogP contribution is 2.45. The van der Waals surface area contributed by atoms with E-state index in [1.54, 1.807) is 0 Å². The molecule has 316 valence electrons. The Morgan fingerprint density at radius 1 is 0.492 bits per heavy atom. The van der Waals surface area contributed by atoms with Crippen LogP contribution in [0, 0.1) is 13.8 Å². The van der Waals surface area contributed by atoms with Crippen LogP contribution in [0.15, 0.2) is 182 Å². The quantitative estimate of drug-likeness (QED) is 0.141. The summed E-state index contributed by atoms with van der Waals surface area (Å²) in [7, 11) is 2.17. The Labute approximate surface area is 374 Å². The van der Waals surface area contributed by atoms with Crippen LogP contribution in [0.25, 0.3) is 22.3 Å². The molecule has 0 aliphatic heterocycles. The van der Waals surface area contributed by atoms with Crippen LogP contribution in [0.2, 0.25) is 0 Å². The minimum absolute atomic E-state index is 0.0292. The number of rotatable bonds is 11. The van der Waals surface area contributed by atoms with Crippen LogP contribution in [0.4, 0.5) is 39.9 Å². The largest absolute Gasteiger partial charge is 0.457 e. The molecule has 1 heterocycles. The van der Waals surface area contributed by atoms with Gasteiger partial charge in [-0.1, -0.05) is 157 Å². The van der Waals surface area contributed by atoms with Crippen LogP contribution >= 0.6 is 0 Å². The number of benzene rings is 7. The molecule has 0 spiro atoms. The summed E-state index contributed by atoms with van der Waals surface area (Å²) in [6.07, 6.45) is 1.91. The molecule has 5 heteroatoms. The van der Waals surface area contributed by atoms with Gasteiger partial charge in [0.05, 0.1) is 28.4 Å². The number of anilines is 7. The van der Waals surface area contributed by atoms with Crippen molar-refractivity contribution >= 4 is 39.9 Å². The first kappa shape index (κ1) is 42.6. The lowest BCUT2D eigenvalue weighted by atomic mass is 9.86. The smallest absolute Gasteiger partial charge is 0.137 e. The van der Waals surface area contributed by atoms with Crippen LogP contribution in [0.3, 0.4) is 0 Å². The molecule has 1 N–H and O–H groups in total. The van der Waals surface area contributed by atoms with E-state index < -0.39 is 0 Å². The molecular formula is C58H58N4O. The number of ether oxygens (including phenoxy) is 1. The normalized spacial score (nSPS) is 11.6. The van der Waals surface area contributed by atoms with Gasteiger partial charge in [-0.3, -0.25) is 4.90 Å². The molecular weight excluding hydrogens is 769 g/mol. The third-order valence-electron chi connectivity index (χ3n) is 11.8. The number of nitrogens with zero attached hydrogens (tertiary/aromatic N) is 3. The standard InChI is InChI=1S/C58H58N4O/c1-40-19-13-15-27-52(40)62(55-37-45(35-36-59-55)58(6,7)8)54-39-48(34-29-41(54)2)63-47-23-17-22-46(38-47)60-51-26-14-16-28-53(51)61(9)56-49(42-20-11-10-12-21-42)24-18-25-50(56)43-30-32-44(33-31-43)57(3,4)5/h10-39,60H,1-9H3. The van der Waals surface area contributed by atoms with Gasteiger partial charge in [0, 0.05) is 42.2 Å². The van der Waals surface area contributed by atoms with Crippen molar-refractivity contribution in [2.45, 2.75) is 66.2 Å². The number of aromatic nitrogens is 1. The molecule has 0 amide bonds. The minimum atomic E-state index is -0.0292. The molecule has 63 heavy (non-hydrogen) atoms. The molecule has 0 aliphatic carbocycles. The van der Waals surface area contributed by atoms with Crippen molar-refractivity contribution in [3.63, 3.8) is 0 Å². The van der Waals surface area contributed by atoms with Crippen LogP contribution < -0.4 is 19.9 Å². The highest BCUT2D eigenvalue weighted by molar-refractivity contribution is 5.95. The molecule has 0 unspecified atom stereocenters. The summed E-state index contributed by atoms with van der Waals surface area (Å²) >= 11 is 0. The number of para-hydroxylation sites is 4. The van der Waals surface area contributed by atoms with Gasteiger partial charge in [-0.2, -0.15) is 0 Å². The molecule has 5 nitrogen and oxygen atoms in total. The van der Waals surface area contributed by atoms with Crippen molar-refractivity contribution in [1.82, 2.24) is 4.98 Å². The number of hydrogen-bond acceptors (Lipinski definition) is 5. The van der Waals surface area contributed by atoms with E-state index in [-0.39, 0.29) is 10.8 Å². The maximum absolute atomic E-state index is 6.69. The first-order valence-corrected chi connectivity index (χ1v) is 21.8. The average molecular weight is 827 g/mol. The van der Waals surface area contributed by atoms with Gasteiger partial charge in [0.15, 0.2) is 0 Å². The average Bonchev–Trinajstić information content (AvgIpc) is 3.28. The van der Waals surface area contributed by atoms with E-state index in [2.05, 4.69) is 235 Å². The Morgan fingerprint density at radius 2 is 1.10 bits per heavy atom. The highest BCUT2D eigenvalue weighted by Gasteiger charge is 2.23. The first-order chi connectivity index (χ1) is 30.2. The molecule has 0 aliphatic rings. The molecule has 0 saturated heterocycles. The predicted molar refractivity (Wildman–Crippen MR) is 267 cm³/mol. The summed E-state index contributed by atoms with van der Waals surface area (Å²) in [4.78, 5) is 9.48. The number of nitrogens with one attached hydrogen (secondary N) is 1. The van der Waals surface area contributed by atoms with E-state index in [1.807, 2.05) is 24.4 Å². The Balaban J connectivity index is 1.12. The number of aryl methyl sites for hydroxylation is 2. The molecule has 0 fully saturated rings. The van der Waals surface area contributed by atoms with Crippen molar-refractivity contribution in [3.8, 4) is 33.8 Å². The van der Waals surface area contributed by atoms with E-state index in [0.29, 0.717) is 0 Å². The minimum Gasteiger partial charge on any atom is -0.457 e. The number of pyridine rings is 1. The summed E-state index contributed by atoms with van der Waals surface area (Å²) in [6, 6.07) is 62.1. The third-order valence-corrected chi connectivity index (χ3v) is 11.8. The Hall–Kier alpha value is -7.11. The van der Waals surface area contributed by atoms with E-state index >= 15 is 0 Å². The fourth-order valence-corrected chi connectivity index (χ4v) is 8.15. The highest BCUT2D eigenvalue weighted by atomic mass is 16.5. The van der Waals surface area contributed by atoms with Crippen molar-refractivity contribution in [2.24, 2.45) is 0 Å². The lowest BCUT2D eigenvalue weighted by Crippen LogP contribution is -2.17. The molecule has 0 atom stereocenters. The molecule has 1 aromatic heterocycles. The molecule has 8 aromatic rings. The maximum atomic E-state index is 6.69. The van der Waals surface area contributed by atoms with Gasteiger partial charge < -0.3 is 15.0 Å². The topological polar surface area (TPSA) is 40.6 Å². The lowest BCUT2D eigenvalue weighted by Gasteiger charge is -2.29. The zero-order chi connectivity index (χ0) is 44.3. The number of hydrogen-bond donors (Lipinski definition) is 1. The van der Waals surface area contributed by atoms with Crippen molar-refractivity contribution in [3.05, 3.63) is 204 Å². The second-order valence-electron chi connectivity index (χ2n) is 18.4. The molecule has 0 saturated carbocycles. The zero-order valence-electron chi connectivity index (χ0n) is 38.1. The fraction of sp³-hybridized carbons (Fsp3) is 0.190. The van der Waals surface area contributed by atoms with E-state index in [1.165, 1.54) is 27.8 Å². The third kappa shape index (κ3) is 9.39. The Morgan fingerprint density at radius 3 is 1.79 bits per heavy atom. The van der Waals surface area contributed by atoms with Gasteiger partial charge in [0.2, 0.25) is 0 Å². The second kappa shape index (κ2) is 17.7. The fourth-order valence-electron chi connectivity index (χ4n) is 8.15. The predicted octanol–water partition coefficient (Wildman–Crippen LogP) is 16.4. The van der Waals surface area contributed by atoms with Gasteiger partial charge in [0.25, 0.3) is 0 Å². The maximum Gasteiger partial charge on any atom is 0.137 e. The van der Waals surface area contributed by atoms with E-state index in [0.717, 1.165) is 68.1 Å². The van der Waals surface area contributed by atoms with Gasteiger partial charge in [0.1, 0.15) is 17.3 Å². The molecule has 0 radical (unpaired) electrons. The summed E-state index contributed by atoms with van der Waals surface area (Å²) in [5.41, 5.74) is 15.7. The molecule has 0 bridgehead atoms. The SMILES string of the molecule is Cc1ccccc1N(c1cc(C(C)(C)C)ccn1)c1cc(Oc2cccc(Nc3ccccc3N(C)c3c(-c4ccccc4)cccc3-c3ccc(C(C)(C)C)cc3)c2)ccc1C.